The summed E-state index contributed by atoms with van der Waals surface area (Å²) in [7, 11) is 0.783. The molecule has 0 aliphatic carbocycles. The molecule has 2 N–H and O–H groups in total. The molecule has 9 nitrogen and oxygen atoms in total. The number of rotatable bonds is 9. The largest absolute Gasteiger partial charge is 0.493 e. The Balaban J connectivity index is 1.93. The Labute approximate surface area is 187 Å². The van der Waals surface area contributed by atoms with Crippen molar-refractivity contribution in [2.75, 3.05) is 26.6 Å². The zero-order valence-electron chi connectivity index (χ0n) is 18.5. The number of amides is 1. The number of amidine groups is 1. The highest BCUT2D eigenvalue weighted by Crippen LogP contribution is 2.40. The molecule has 32 heavy (non-hydrogen) atoms. The molecule has 0 fully saturated rings. The molecule has 172 valence electrons. The molecule has 0 bridgehead atoms. The lowest BCUT2D eigenvalue weighted by Gasteiger charge is -2.17. The van der Waals surface area contributed by atoms with Crippen LogP contribution < -0.4 is 24.2 Å². The first-order valence-corrected chi connectivity index (χ1v) is 11.6. The topological polar surface area (TPSA) is 115 Å². The zero-order valence-corrected chi connectivity index (χ0v) is 19.3. The molecule has 0 aromatic heterocycles. The normalized spacial score (nSPS) is 16.1. The summed E-state index contributed by atoms with van der Waals surface area (Å²) in [6.45, 7) is 2.01. The van der Waals surface area contributed by atoms with E-state index in [0.29, 0.717) is 34.9 Å². The van der Waals surface area contributed by atoms with Crippen molar-refractivity contribution in [2.45, 2.75) is 37.1 Å². The predicted molar refractivity (Wildman–Crippen MR) is 121 cm³/mol. The van der Waals surface area contributed by atoms with Gasteiger partial charge in [-0.05, 0) is 18.6 Å². The number of methoxy groups -OCH3 is 3. The Morgan fingerprint density at radius 2 is 1.75 bits per heavy atom. The SMILES string of the molecule is CCCCC(N=C1NS(=O)(=O)c2ccccc21)C(=O)Nc1cc(OC)c(OC)c(OC)c1. The van der Waals surface area contributed by atoms with E-state index in [1.807, 2.05) is 6.92 Å². The molecular formula is C22H27N3O6S. The standard InChI is InChI=1S/C22H27N3O6S/c1-5-6-10-16(24-21-15-9-7-8-11-19(15)32(27,28)25-21)22(26)23-14-12-17(29-2)20(31-4)18(13-14)30-3/h7-9,11-13,16H,5-6,10H2,1-4H3,(H,23,26)(H,24,25). The molecule has 2 aromatic carbocycles. The van der Waals surface area contributed by atoms with Crippen LogP contribution in [-0.2, 0) is 14.8 Å². The number of hydrogen-bond donors (Lipinski definition) is 2. The molecule has 1 atom stereocenters. The number of nitrogens with zero attached hydrogens (tertiary/aromatic N) is 1. The summed E-state index contributed by atoms with van der Waals surface area (Å²) in [6, 6.07) is 9.00. The summed E-state index contributed by atoms with van der Waals surface area (Å²) < 4.78 is 43.2. The fraction of sp³-hybridized carbons (Fsp3) is 0.364. The first-order valence-electron chi connectivity index (χ1n) is 10.2. The van der Waals surface area contributed by atoms with Crippen LogP contribution in [0.25, 0.3) is 0 Å². The van der Waals surface area contributed by atoms with Crippen LogP contribution in [-0.4, -0.2) is 47.5 Å². The number of ether oxygens (including phenoxy) is 3. The van der Waals surface area contributed by atoms with Crippen LogP contribution in [0, 0.1) is 0 Å². The van der Waals surface area contributed by atoms with Gasteiger partial charge in [0.2, 0.25) is 11.7 Å². The monoisotopic (exact) mass is 461 g/mol. The molecular weight excluding hydrogens is 434 g/mol. The van der Waals surface area contributed by atoms with Crippen LogP contribution in [0.15, 0.2) is 46.3 Å². The van der Waals surface area contributed by atoms with E-state index in [4.69, 9.17) is 14.2 Å². The third kappa shape index (κ3) is 4.80. The summed E-state index contributed by atoms with van der Waals surface area (Å²) in [6.07, 6.45) is 2.07. The third-order valence-electron chi connectivity index (χ3n) is 5.01. The number of fused-ring (bicyclic) bond motifs is 1. The first kappa shape index (κ1) is 23.4. The van der Waals surface area contributed by atoms with Gasteiger partial charge in [-0.1, -0.05) is 31.9 Å². The van der Waals surface area contributed by atoms with Crippen LogP contribution in [0.3, 0.4) is 0 Å². The summed E-state index contributed by atoms with van der Waals surface area (Å²) in [5.41, 5.74) is 0.896. The van der Waals surface area contributed by atoms with E-state index in [-0.39, 0.29) is 16.6 Å². The van der Waals surface area contributed by atoms with Crippen molar-refractivity contribution in [3.8, 4) is 17.2 Å². The van der Waals surface area contributed by atoms with Crippen LogP contribution in [0.1, 0.15) is 31.7 Å². The van der Waals surface area contributed by atoms with Gasteiger partial charge in [0, 0.05) is 23.4 Å². The smallest absolute Gasteiger partial charge is 0.263 e. The third-order valence-corrected chi connectivity index (χ3v) is 6.41. The lowest BCUT2D eigenvalue weighted by atomic mass is 10.1. The number of hydrogen-bond acceptors (Lipinski definition) is 7. The predicted octanol–water partition coefficient (Wildman–Crippen LogP) is 2.95. The van der Waals surface area contributed by atoms with Gasteiger partial charge in [0.1, 0.15) is 11.9 Å². The molecule has 0 radical (unpaired) electrons. The van der Waals surface area contributed by atoms with E-state index in [1.54, 1.807) is 30.3 Å². The fourth-order valence-electron chi connectivity index (χ4n) is 3.42. The minimum absolute atomic E-state index is 0.151. The summed E-state index contributed by atoms with van der Waals surface area (Å²) in [5, 5.41) is 2.83. The van der Waals surface area contributed by atoms with E-state index in [1.165, 1.54) is 27.4 Å². The number of anilines is 1. The van der Waals surface area contributed by atoms with Gasteiger partial charge in [0.15, 0.2) is 11.5 Å². The Morgan fingerprint density at radius 3 is 2.34 bits per heavy atom. The molecule has 0 spiro atoms. The maximum absolute atomic E-state index is 13.1. The van der Waals surface area contributed by atoms with Crippen molar-refractivity contribution >= 4 is 27.5 Å². The van der Waals surface area contributed by atoms with Crippen LogP contribution in [0.2, 0.25) is 0 Å². The Kier molecular flexibility index (Phi) is 7.24. The van der Waals surface area contributed by atoms with Gasteiger partial charge in [-0.15, -0.1) is 0 Å². The number of nitrogens with one attached hydrogen (secondary N) is 2. The van der Waals surface area contributed by atoms with E-state index in [0.717, 1.165) is 12.8 Å². The average molecular weight is 462 g/mol. The summed E-state index contributed by atoms with van der Waals surface area (Å²) in [4.78, 5) is 17.8. The Morgan fingerprint density at radius 1 is 1.09 bits per heavy atom. The number of carbonyl (C=O) groups excluding carboxylic acids is 1. The van der Waals surface area contributed by atoms with Gasteiger partial charge in [-0.3, -0.25) is 14.5 Å². The lowest BCUT2D eigenvalue weighted by Crippen LogP contribution is -2.30. The second-order valence-electron chi connectivity index (χ2n) is 7.14. The maximum atomic E-state index is 13.1. The van der Waals surface area contributed by atoms with Gasteiger partial charge in [0.05, 0.1) is 26.2 Å². The van der Waals surface area contributed by atoms with Crippen molar-refractivity contribution in [3.05, 3.63) is 42.0 Å². The van der Waals surface area contributed by atoms with Gasteiger partial charge in [-0.2, -0.15) is 0 Å². The van der Waals surface area contributed by atoms with Gasteiger partial charge in [-0.25, -0.2) is 8.42 Å². The number of carbonyl (C=O) groups is 1. The van der Waals surface area contributed by atoms with Crippen molar-refractivity contribution in [1.29, 1.82) is 0 Å². The first-order chi connectivity index (χ1) is 15.3. The van der Waals surface area contributed by atoms with E-state index in [9.17, 15) is 13.2 Å². The van der Waals surface area contributed by atoms with Crippen LogP contribution in [0.5, 0.6) is 17.2 Å². The highest BCUT2D eigenvalue weighted by atomic mass is 32.2. The Bertz CT molecular complexity index is 1110. The highest BCUT2D eigenvalue weighted by molar-refractivity contribution is 7.90. The fourth-order valence-corrected chi connectivity index (χ4v) is 4.66. The number of aliphatic imine (C=N–C) groups is 1. The minimum atomic E-state index is -3.69. The quantitative estimate of drug-likeness (QED) is 0.593. The average Bonchev–Trinajstić information content (AvgIpc) is 3.05. The highest BCUT2D eigenvalue weighted by Gasteiger charge is 2.32. The lowest BCUT2D eigenvalue weighted by molar-refractivity contribution is -0.117. The number of sulfonamides is 1. The molecule has 2 aromatic rings. The number of unbranched alkanes of at least 4 members (excludes halogenated alkanes) is 1. The molecule has 10 heteroatoms. The second kappa shape index (κ2) is 9.90. The second-order valence-corrected chi connectivity index (χ2v) is 8.79. The minimum Gasteiger partial charge on any atom is -0.493 e. The molecule has 1 aliphatic rings. The van der Waals surface area contributed by atoms with Crippen molar-refractivity contribution in [2.24, 2.45) is 4.99 Å². The molecule has 0 saturated heterocycles. The number of benzene rings is 2. The van der Waals surface area contributed by atoms with E-state index < -0.39 is 16.1 Å². The van der Waals surface area contributed by atoms with E-state index in [2.05, 4.69) is 15.0 Å². The summed E-state index contributed by atoms with van der Waals surface area (Å²) >= 11 is 0. The Hall–Kier alpha value is -3.27. The van der Waals surface area contributed by atoms with Gasteiger partial charge in [0.25, 0.3) is 10.0 Å². The maximum Gasteiger partial charge on any atom is 0.263 e. The molecule has 1 heterocycles. The van der Waals surface area contributed by atoms with Gasteiger partial charge >= 0.3 is 0 Å². The van der Waals surface area contributed by atoms with Crippen molar-refractivity contribution in [1.82, 2.24) is 4.72 Å². The molecule has 0 saturated carbocycles. The van der Waals surface area contributed by atoms with Crippen molar-refractivity contribution < 1.29 is 27.4 Å². The van der Waals surface area contributed by atoms with Crippen LogP contribution >= 0.6 is 0 Å². The zero-order chi connectivity index (χ0) is 23.3. The molecule has 3 rings (SSSR count). The van der Waals surface area contributed by atoms with Crippen LogP contribution in [0.4, 0.5) is 5.69 Å². The van der Waals surface area contributed by atoms with E-state index >= 15 is 0 Å². The molecule has 1 aliphatic heterocycles. The van der Waals surface area contributed by atoms with Gasteiger partial charge < -0.3 is 19.5 Å². The summed E-state index contributed by atoms with van der Waals surface area (Å²) in [5.74, 6) is 1.00. The molecule has 1 amide bonds. The molecule has 1 unspecified atom stereocenters. The van der Waals surface area contributed by atoms with Crippen molar-refractivity contribution in [3.63, 3.8) is 0 Å².